The third kappa shape index (κ3) is 2.03. The van der Waals surface area contributed by atoms with E-state index in [1.807, 2.05) is 0 Å². The molecule has 2 aromatic rings. The Bertz CT molecular complexity index is 638. The minimum absolute atomic E-state index is 0.0949. The molecule has 0 spiro atoms. The minimum Gasteiger partial charge on any atom is -0.476 e. The van der Waals surface area contributed by atoms with Gasteiger partial charge >= 0.3 is 5.97 Å². The Hall–Kier alpha value is -2.41. The summed E-state index contributed by atoms with van der Waals surface area (Å²) in [5.41, 5.74) is -0.183. The summed E-state index contributed by atoms with van der Waals surface area (Å²) in [5, 5.41) is 23.1. The van der Waals surface area contributed by atoms with E-state index in [0.717, 1.165) is 0 Å². The molecule has 0 aliphatic heterocycles. The minimum atomic E-state index is -1.18. The molecule has 0 aliphatic rings. The van der Waals surface area contributed by atoms with Crippen LogP contribution in [-0.2, 0) is 0 Å². The highest BCUT2D eigenvalue weighted by atomic mass is 35.5. The largest absolute Gasteiger partial charge is 0.476 e. The van der Waals surface area contributed by atoms with Crippen molar-refractivity contribution in [2.24, 2.45) is 0 Å². The maximum Gasteiger partial charge on any atom is 0.356 e. The maximum atomic E-state index is 10.7. The lowest BCUT2D eigenvalue weighted by atomic mass is 10.3. The molecule has 0 fully saturated rings. The molecule has 0 amide bonds. The Morgan fingerprint density at radius 2 is 2.17 bits per heavy atom. The first kappa shape index (κ1) is 12.1. The average Bonchev–Trinajstić information content (AvgIpc) is 2.78. The molecule has 8 heteroatoms. The zero-order chi connectivity index (χ0) is 13.3. The number of carbonyl (C=O) groups is 1. The Morgan fingerprint density at radius 1 is 1.44 bits per heavy atom. The van der Waals surface area contributed by atoms with Gasteiger partial charge in [-0.25, -0.2) is 9.48 Å². The van der Waals surface area contributed by atoms with E-state index in [2.05, 4.69) is 5.10 Å². The van der Waals surface area contributed by atoms with Gasteiger partial charge in [-0.15, -0.1) is 0 Å². The van der Waals surface area contributed by atoms with Gasteiger partial charge in [-0.3, -0.25) is 10.1 Å². The molecule has 7 nitrogen and oxygen atoms in total. The van der Waals surface area contributed by atoms with E-state index < -0.39 is 10.9 Å². The van der Waals surface area contributed by atoms with E-state index in [9.17, 15) is 14.9 Å². The lowest BCUT2D eigenvalue weighted by Gasteiger charge is -2.03. The van der Waals surface area contributed by atoms with Crippen LogP contribution in [0.2, 0.25) is 5.02 Å². The van der Waals surface area contributed by atoms with Crippen LogP contribution in [0.3, 0.4) is 0 Å². The summed E-state index contributed by atoms with van der Waals surface area (Å²) in [5.74, 6) is -1.18. The lowest BCUT2D eigenvalue weighted by molar-refractivity contribution is -0.384. The second-order valence-corrected chi connectivity index (χ2v) is 3.70. The van der Waals surface area contributed by atoms with Crippen molar-refractivity contribution in [2.75, 3.05) is 0 Å². The topological polar surface area (TPSA) is 98.3 Å². The Morgan fingerprint density at radius 3 is 2.72 bits per heavy atom. The van der Waals surface area contributed by atoms with Crippen molar-refractivity contribution in [1.82, 2.24) is 9.78 Å². The number of nitro benzene ring substituents is 1. The van der Waals surface area contributed by atoms with E-state index in [1.54, 1.807) is 0 Å². The molecule has 1 aromatic heterocycles. The van der Waals surface area contributed by atoms with Gasteiger partial charge in [-0.2, -0.15) is 5.10 Å². The molecular weight excluding hydrogens is 262 g/mol. The van der Waals surface area contributed by atoms with Crippen LogP contribution in [0.15, 0.2) is 30.5 Å². The summed E-state index contributed by atoms with van der Waals surface area (Å²) in [4.78, 5) is 20.8. The number of nitro groups is 1. The van der Waals surface area contributed by atoms with Crippen molar-refractivity contribution in [3.63, 3.8) is 0 Å². The van der Waals surface area contributed by atoms with Gasteiger partial charge in [0.25, 0.3) is 5.69 Å². The number of carboxylic acids is 1. The van der Waals surface area contributed by atoms with Crippen molar-refractivity contribution in [3.05, 3.63) is 51.3 Å². The van der Waals surface area contributed by atoms with Crippen molar-refractivity contribution in [2.45, 2.75) is 0 Å². The zero-order valence-electron chi connectivity index (χ0n) is 8.78. The number of hydrogen-bond donors (Lipinski definition) is 1. The first-order valence-electron chi connectivity index (χ1n) is 4.73. The number of halogens is 1. The van der Waals surface area contributed by atoms with Crippen molar-refractivity contribution in [3.8, 4) is 5.69 Å². The molecule has 0 atom stereocenters. The number of nitrogens with zero attached hydrogens (tertiary/aromatic N) is 3. The summed E-state index contributed by atoms with van der Waals surface area (Å²) < 4.78 is 1.18. The molecule has 0 saturated carbocycles. The maximum absolute atomic E-state index is 10.7. The van der Waals surface area contributed by atoms with E-state index in [-0.39, 0.29) is 22.1 Å². The predicted molar refractivity (Wildman–Crippen MR) is 62.2 cm³/mol. The highest BCUT2D eigenvalue weighted by Crippen LogP contribution is 2.29. The molecule has 0 aliphatic carbocycles. The van der Waals surface area contributed by atoms with Gasteiger partial charge in [0.2, 0.25) is 0 Å². The van der Waals surface area contributed by atoms with Gasteiger partial charge < -0.3 is 5.11 Å². The standard InChI is InChI=1S/C10H6ClN3O4/c11-9-7(2-1-3-8(9)14(17)18)13-5-4-6(12-13)10(15)16/h1-5H,(H,15,16). The van der Waals surface area contributed by atoms with E-state index >= 15 is 0 Å². The lowest BCUT2D eigenvalue weighted by Crippen LogP contribution is -2.02. The first-order valence-corrected chi connectivity index (χ1v) is 5.10. The Balaban J connectivity index is 2.53. The molecule has 2 rings (SSSR count). The third-order valence-electron chi connectivity index (χ3n) is 2.21. The molecule has 1 heterocycles. The number of aromatic carboxylic acids is 1. The second kappa shape index (κ2) is 4.46. The number of carboxylic acid groups (broad SMARTS) is 1. The predicted octanol–water partition coefficient (Wildman–Crippen LogP) is 2.13. The van der Waals surface area contributed by atoms with E-state index in [0.29, 0.717) is 0 Å². The first-order chi connectivity index (χ1) is 8.50. The van der Waals surface area contributed by atoms with Crippen molar-refractivity contribution in [1.29, 1.82) is 0 Å². The van der Waals surface area contributed by atoms with Gasteiger partial charge in [0.15, 0.2) is 5.69 Å². The van der Waals surface area contributed by atoms with Gasteiger partial charge in [0.1, 0.15) is 5.02 Å². The quantitative estimate of drug-likeness (QED) is 0.678. The molecule has 0 unspecified atom stereocenters. The summed E-state index contributed by atoms with van der Waals surface area (Å²) in [6, 6.07) is 5.49. The van der Waals surface area contributed by atoms with Gasteiger partial charge in [-0.05, 0) is 12.1 Å². The van der Waals surface area contributed by atoms with E-state index in [1.165, 1.54) is 35.1 Å². The average molecular weight is 268 g/mol. The molecule has 92 valence electrons. The highest BCUT2D eigenvalue weighted by Gasteiger charge is 2.17. The fraction of sp³-hybridized carbons (Fsp3) is 0. The number of benzene rings is 1. The highest BCUT2D eigenvalue weighted by molar-refractivity contribution is 6.34. The molecule has 18 heavy (non-hydrogen) atoms. The van der Waals surface area contributed by atoms with Crippen molar-refractivity contribution >= 4 is 23.3 Å². The van der Waals surface area contributed by atoms with Crippen LogP contribution in [-0.4, -0.2) is 25.8 Å². The van der Waals surface area contributed by atoms with Crippen LogP contribution in [0, 0.1) is 10.1 Å². The van der Waals surface area contributed by atoms with Gasteiger partial charge in [0.05, 0.1) is 10.6 Å². The Labute approximate surface area is 105 Å². The summed E-state index contributed by atoms with van der Waals surface area (Å²) >= 11 is 5.88. The van der Waals surface area contributed by atoms with Crippen LogP contribution in [0.1, 0.15) is 10.5 Å². The van der Waals surface area contributed by atoms with Crippen molar-refractivity contribution < 1.29 is 14.8 Å². The SMILES string of the molecule is O=C(O)c1ccn(-c2cccc([N+](=O)[O-])c2Cl)n1. The van der Waals surface area contributed by atoms with Gasteiger partial charge in [-0.1, -0.05) is 17.7 Å². The van der Waals surface area contributed by atoms with Crippen LogP contribution >= 0.6 is 11.6 Å². The number of aromatic nitrogens is 2. The monoisotopic (exact) mass is 267 g/mol. The summed E-state index contributed by atoms with van der Waals surface area (Å²) in [7, 11) is 0. The molecule has 0 saturated heterocycles. The Kier molecular flexibility index (Phi) is 2.99. The summed E-state index contributed by atoms with van der Waals surface area (Å²) in [6.45, 7) is 0. The van der Waals surface area contributed by atoms with Gasteiger partial charge in [0, 0.05) is 12.3 Å². The third-order valence-corrected chi connectivity index (χ3v) is 2.60. The summed E-state index contributed by atoms with van der Waals surface area (Å²) in [6.07, 6.45) is 1.37. The fourth-order valence-electron chi connectivity index (χ4n) is 1.40. The van der Waals surface area contributed by atoms with E-state index in [4.69, 9.17) is 16.7 Å². The molecule has 0 bridgehead atoms. The number of hydrogen-bond acceptors (Lipinski definition) is 4. The van der Waals surface area contributed by atoms with Crippen LogP contribution in [0.25, 0.3) is 5.69 Å². The smallest absolute Gasteiger partial charge is 0.356 e. The fourth-order valence-corrected chi connectivity index (χ4v) is 1.68. The molecule has 0 radical (unpaired) electrons. The van der Waals surface area contributed by atoms with Crippen LogP contribution < -0.4 is 0 Å². The normalized spacial score (nSPS) is 10.3. The zero-order valence-corrected chi connectivity index (χ0v) is 9.53. The second-order valence-electron chi connectivity index (χ2n) is 3.32. The van der Waals surface area contributed by atoms with Crippen LogP contribution in [0.5, 0.6) is 0 Å². The molecule has 1 aromatic carbocycles. The number of rotatable bonds is 3. The van der Waals surface area contributed by atoms with Crippen LogP contribution in [0.4, 0.5) is 5.69 Å². The molecule has 1 N–H and O–H groups in total. The molecular formula is C10H6ClN3O4.